The first kappa shape index (κ1) is 17.3. The van der Waals surface area contributed by atoms with Crippen LogP contribution in [-0.4, -0.2) is 4.57 Å². The molecule has 0 saturated carbocycles. The minimum absolute atomic E-state index is 0. The van der Waals surface area contributed by atoms with Gasteiger partial charge in [-0.2, -0.15) is 0 Å². The molecule has 118 valence electrons. The van der Waals surface area contributed by atoms with Crippen LogP contribution in [-0.2, 0) is 13.6 Å². The molecule has 1 N–H and O–H groups in total. The lowest BCUT2D eigenvalue weighted by atomic mass is 10.2. The van der Waals surface area contributed by atoms with Crippen LogP contribution >= 0.6 is 11.3 Å². The molecule has 0 fully saturated rings. The summed E-state index contributed by atoms with van der Waals surface area (Å²) in [4.78, 5) is 0. The van der Waals surface area contributed by atoms with Crippen molar-refractivity contribution in [2.45, 2.75) is 6.54 Å². The van der Waals surface area contributed by atoms with Gasteiger partial charge in [0, 0.05) is 30.6 Å². The van der Waals surface area contributed by atoms with Gasteiger partial charge < -0.3 is 22.3 Å². The predicted octanol–water partition coefficient (Wildman–Crippen LogP) is 2.40. The van der Waals surface area contributed by atoms with Crippen LogP contribution in [0.5, 0.6) is 0 Å². The molecule has 0 aliphatic heterocycles. The van der Waals surface area contributed by atoms with Gasteiger partial charge in [0.15, 0.2) is 11.6 Å². The third-order valence-corrected chi connectivity index (χ3v) is 4.06. The van der Waals surface area contributed by atoms with Crippen molar-refractivity contribution in [1.82, 2.24) is 4.57 Å². The van der Waals surface area contributed by atoms with Gasteiger partial charge in [-0.3, -0.25) is 0 Å². The summed E-state index contributed by atoms with van der Waals surface area (Å²) >= 11 is 1.57. The van der Waals surface area contributed by atoms with E-state index in [0.29, 0.717) is 0 Å². The maximum Gasteiger partial charge on any atom is 0.317 e. The Bertz CT molecular complexity index is 754. The summed E-state index contributed by atoms with van der Waals surface area (Å²) in [6.07, 6.45) is 1.97. The molecule has 0 aliphatic carbocycles. The monoisotopic (exact) mass is 388 g/mol. The maximum atomic E-state index is 4.26. The summed E-state index contributed by atoms with van der Waals surface area (Å²) in [6, 6.07) is 18.3. The highest BCUT2D eigenvalue weighted by Gasteiger charge is 2.04. The smallest absolute Gasteiger partial charge is 0.317 e. The van der Waals surface area contributed by atoms with Gasteiger partial charge in [0.25, 0.3) is 0 Å². The van der Waals surface area contributed by atoms with Crippen molar-refractivity contribution in [2.75, 3.05) is 5.32 Å². The Morgan fingerprint density at radius 2 is 1.83 bits per heavy atom. The largest absolute Gasteiger partial charge is 1.00 e. The minimum atomic E-state index is 0. The molecule has 1 heterocycles. The number of anilines is 1. The Morgan fingerprint density at radius 3 is 2.48 bits per heavy atom. The zero-order valence-corrected chi connectivity index (χ0v) is 15.1. The van der Waals surface area contributed by atoms with Crippen LogP contribution in [0.3, 0.4) is 0 Å². The Kier molecular flexibility index (Phi) is 6.43. The number of rotatable bonds is 5. The van der Waals surface area contributed by atoms with Crippen molar-refractivity contribution in [3.8, 4) is 0 Å². The van der Waals surface area contributed by atoms with E-state index in [1.807, 2.05) is 65.7 Å². The molecule has 3 aromatic rings. The molecule has 6 heteroatoms. The van der Waals surface area contributed by atoms with Crippen molar-refractivity contribution in [3.63, 3.8) is 0 Å². The highest BCUT2D eigenvalue weighted by Crippen LogP contribution is 2.23. The molecule has 2 aromatic carbocycles. The third kappa shape index (κ3) is 4.97. The van der Waals surface area contributed by atoms with Crippen molar-refractivity contribution in [3.05, 3.63) is 71.7 Å². The molecule has 0 radical (unpaired) electrons. The van der Waals surface area contributed by atoms with E-state index in [-0.39, 0.29) is 17.0 Å². The third-order valence-electron chi connectivity index (χ3n) is 3.22. The van der Waals surface area contributed by atoms with E-state index >= 15 is 0 Å². The summed E-state index contributed by atoms with van der Waals surface area (Å²) in [7, 11) is 1.96. The number of azo groups is 1. The molecule has 1 aromatic heterocycles. The average molecular weight is 389 g/mol. The first-order chi connectivity index (χ1) is 10.8. The molecule has 3 rings (SSSR count). The van der Waals surface area contributed by atoms with E-state index in [2.05, 4.69) is 27.7 Å². The van der Waals surface area contributed by atoms with Gasteiger partial charge in [-0.05, 0) is 29.8 Å². The molecular formula is C17H17BrN4S. The second-order valence-corrected chi connectivity index (χ2v) is 5.76. The number of aromatic nitrogens is 1. The van der Waals surface area contributed by atoms with Crippen LogP contribution in [0.2, 0.25) is 0 Å². The lowest BCUT2D eigenvalue weighted by Gasteiger charge is -2.06. The fourth-order valence-corrected chi connectivity index (χ4v) is 2.65. The average Bonchev–Trinajstić information content (AvgIpc) is 2.98. The van der Waals surface area contributed by atoms with E-state index in [1.165, 1.54) is 5.56 Å². The fraction of sp³-hybridized carbons (Fsp3) is 0.118. The number of aryl methyl sites for hydroxylation is 1. The zero-order valence-electron chi connectivity index (χ0n) is 12.7. The summed E-state index contributed by atoms with van der Waals surface area (Å²) in [5.41, 5.74) is 3.18. The summed E-state index contributed by atoms with van der Waals surface area (Å²) in [5, 5.41) is 14.8. The molecule has 23 heavy (non-hydrogen) atoms. The molecule has 0 amide bonds. The quantitative estimate of drug-likeness (QED) is 0.529. The predicted molar refractivity (Wildman–Crippen MR) is 92.1 cm³/mol. The van der Waals surface area contributed by atoms with Crippen LogP contribution in [0.1, 0.15) is 5.56 Å². The number of benzene rings is 2. The SMILES string of the molecule is Cn1ccs[c+]1N=Nc1ccc(NCc2ccccc2)cc1.[Br-]. The normalized spacial score (nSPS) is 10.5. The van der Waals surface area contributed by atoms with Crippen molar-refractivity contribution >= 4 is 27.8 Å². The first-order valence-electron chi connectivity index (χ1n) is 7.04. The lowest BCUT2D eigenvalue weighted by molar-refractivity contribution is -0.00000443. The molecule has 0 unspecified atom stereocenters. The Hall–Kier alpha value is -2.05. The summed E-state index contributed by atoms with van der Waals surface area (Å²) < 4.78 is 1.95. The van der Waals surface area contributed by atoms with Gasteiger partial charge in [-0.1, -0.05) is 35.4 Å². The van der Waals surface area contributed by atoms with Gasteiger partial charge in [0.2, 0.25) is 0 Å². The van der Waals surface area contributed by atoms with E-state index in [4.69, 9.17) is 0 Å². The second-order valence-electron chi connectivity index (χ2n) is 4.88. The maximum absolute atomic E-state index is 4.26. The molecule has 0 aliphatic rings. The second kappa shape index (κ2) is 8.55. The Balaban J connectivity index is 0.00000192. The van der Waals surface area contributed by atoms with Gasteiger partial charge >= 0.3 is 5.13 Å². The van der Waals surface area contributed by atoms with Gasteiger partial charge in [0.05, 0.1) is 5.69 Å². The summed E-state index contributed by atoms with van der Waals surface area (Å²) in [6.45, 7) is 0.812. The van der Waals surface area contributed by atoms with Gasteiger partial charge in [0.1, 0.15) is 0 Å². The van der Waals surface area contributed by atoms with E-state index in [9.17, 15) is 0 Å². The molecule has 0 saturated heterocycles. The molecule has 4 nitrogen and oxygen atoms in total. The van der Waals surface area contributed by atoms with Gasteiger partial charge in [-0.15, -0.1) is 5.11 Å². The minimum Gasteiger partial charge on any atom is -1.00 e. The number of hydrogen-bond donors (Lipinski definition) is 1. The van der Waals surface area contributed by atoms with Crippen LogP contribution in [0, 0.1) is 0 Å². The molecule has 0 atom stereocenters. The van der Waals surface area contributed by atoms with Crippen LogP contribution in [0.25, 0.3) is 0 Å². The molecular weight excluding hydrogens is 372 g/mol. The number of hydrogen-bond acceptors (Lipinski definition) is 4. The molecule has 0 bridgehead atoms. The van der Waals surface area contributed by atoms with Crippen LogP contribution in [0.15, 0.2) is 76.4 Å². The van der Waals surface area contributed by atoms with Crippen LogP contribution < -0.4 is 22.3 Å². The number of thiazole rings is 1. The van der Waals surface area contributed by atoms with Crippen molar-refractivity contribution in [2.24, 2.45) is 17.3 Å². The highest BCUT2D eigenvalue weighted by molar-refractivity contribution is 7.13. The number of nitrogens with zero attached hydrogens (tertiary/aromatic N) is 3. The Morgan fingerprint density at radius 1 is 1.09 bits per heavy atom. The fourth-order valence-electron chi connectivity index (χ4n) is 1.97. The van der Waals surface area contributed by atoms with Crippen molar-refractivity contribution < 1.29 is 17.0 Å². The van der Waals surface area contributed by atoms with E-state index < -0.39 is 0 Å². The lowest BCUT2D eigenvalue weighted by Crippen LogP contribution is -3.00. The number of halogens is 1. The Labute approximate surface area is 150 Å². The van der Waals surface area contributed by atoms with E-state index in [1.54, 1.807) is 11.3 Å². The van der Waals surface area contributed by atoms with Crippen LogP contribution in [0.4, 0.5) is 16.5 Å². The van der Waals surface area contributed by atoms with E-state index in [0.717, 1.165) is 23.1 Å². The zero-order chi connectivity index (χ0) is 15.2. The summed E-state index contributed by atoms with van der Waals surface area (Å²) in [5.74, 6) is 0. The van der Waals surface area contributed by atoms with Gasteiger partial charge in [-0.25, -0.2) is 4.57 Å². The molecule has 0 spiro atoms. The first-order valence-corrected chi connectivity index (χ1v) is 7.92. The van der Waals surface area contributed by atoms with Crippen molar-refractivity contribution in [1.29, 1.82) is 0 Å². The topological polar surface area (TPSA) is 41.7 Å². The number of nitrogens with one attached hydrogen (secondary N) is 1. The highest BCUT2D eigenvalue weighted by atomic mass is 79.9. The standard InChI is InChI=1S/C17H17N4S.BrH/c1-21-11-12-22-17(21)20-19-16-9-7-15(8-10-16)18-13-14-5-3-2-4-6-14;/h2-12,18H,13H2,1H3;1H/q+1;/p-1.